The zero-order chi connectivity index (χ0) is 13.2. The van der Waals surface area contributed by atoms with E-state index in [1.165, 1.54) is 0 Å². The van der Waals surface area contributed by atoms with Crippen molar-refractivity contribution in [3.05, 3.63) is 60.2 Å². The van der Waals surface area contributed by atoms with Gasteiger partial charge in [-0.1, -0.05) is 54.6 Å². The number of nitrogens with one attached hydrogen (secondary N) is 1. The van der Waals surface area contributed by atoms with Gasteiger partial charge in [-0.25, -0.2) is 0 Å². The van der Waals surface area contributed by atoms with Crippen molar-refractivity contribution in [1.82, 2.24) is 5.32 Å². The summed E-state index contributed by atoms with van der Waals surface area (Å²) in [7, 11) is 0. The first-order valence-electron chi connectivity index (χ1n) is 6.23. The standard InChI is InChI=1S/C16H13NO2/c18-15-10-14(16(19)17-15)13-8-6-12(7-9-13)11-4-2-1-3-5-11/h1-9,14H,10H2,(H,17,18,19)/t14-/m1/s1. The third kappa shape index (κ3) is 2.27. The summed E-state index contributed by atoms with van der Waals surface area (Å²) in [4.78, 5) is 22.8. The molecule has 3 rings (SSSR count). The first-order valence-corrected chi connectivity index (χ1v) is 6.23. The Balaban J connectivity index is 1.87. The highest BCUT2D eigenvalue weighted by Gasteiger charge is 2.31. The smallest absolute Gasteiger partial charge is 0.234 e. The van der Waals surface area contributed by atoms with Crippen LogP contribution in [0, 0.1) is 0 Å². The van der Waals surface area contributed by atoms with Crippen LogP contribution in [-0.2, 0) is 9.59 Å². The average molecular weight is 251 g/mol. The molecule has 0 aromatic heterocycles. The molecular formula is C16H13NO2. The van der Waals surface area contributed by atoms with Gasteiger partial charge in [0.1, 0.15) is 0 Å². The van der Waals surface area contributed by atoms with E-state index in [0.717, 1.165) is 16.7 Å². The van der Waals surface area contributed by atoms with Crippen LogP contribution >= 0.6 is 0 Å². The molecule has 0 spiro atoms. The Bertz CT molecular complexity index is 617. The Morgan fingerprint density at radius 1 is 0.842 bits per heavy atom. The molecule has 2 aromatic rings. The van der Waals surface area contributed by atoms with E-state index >= 15 is 0 Å². The SMILES string of the molecule is O=C1C[C@H](c2ccc(-c3ccccc3)cc2)C(=O)N1. The number of benzene rings is 2. The summed E-state index contributed by atoms with van der Waals surface area (Å²) in [5.74, 6) is -0.725. The molecule has 0 aliphatic carbocycles. The van der Waals surface area contributed by atoms with Crippen LogP contribution in [0.2, 0.25) is 0 Å². The fraction of sp³-hybridized carbons (Fsp3) is 0.125. The Morgan fingerprint density at radius 2 is 1.47 bits per heavy atom. The van der Waals surface area contributed by atoms with Crippen LogP contribution in [0.1, 0.15) is 17.9 Å². The summed E-state index contributed by atoms with van der Waals surface area (Å²) >= 11 is 0. The molecule has 0 saturated carbocycles. The summed E-state index contributed by atoms with van der Waals surface area (Å²) in [5.41, 5.74) is 3.14. The van der Waals surface area contributed by atoms with Crippen LogP contribution in [0.3, 0.4) is 0 Å². The third-order valence-electron chi connectivity index (χ3n) is 3.39. The first kappa shape index (κ1) is 11.7. The molecular weight excluding hydrogens is 238 g/mol. The molecule has 2 amide bonds. The number of imide groups is 1. The summed E-state index contributed by atoms with van der Waals surface area (Å²) in [6.45, 7) is 0. The van der Waals surface area contributed by atoms with Gasteiger partial charge in [0.15, 0.2) is 0 Å². The monoisotopic (exact) mass is 251 g/mol. The molecule has 1 N–H and O–H groups in total. The zero-order valence-electron chi connectivity index (χ0n) is 10.3. The predicted octanol–water partition coefficient (Wildman–Crippen LogP) is 2.48. The lowest BCUT2D eigenvalue weighted by Gasteiger charge is -2.07. The molecule has 94 valence electrons. The molecule has 1 aliphatic rings. The van der Waals surface area contributed by atoms with Crippen molar-refractivity contribution < 1.29 is 9.59 Å². The van der Waals surface area contributed by atoms with Gasteiger partial charge in [-0.3, -0.25) is 14.9 Å². The quantitative estimate of drug-likeness (QED) is 0.833. The highest BCUT2D eigenvalue weighted by atomic mass is 16.2. The molecule has 0 bridgehead atoms. The van der Waals surface area contributed by atoms with Gasteiger partial charge >= 0.3 is 0 Å². The molecule has 0 radical (unpaired) electrons. The normalized spacial score (nSPS) is 18.4. The minimum Gasteiger partial charge on any atom is -0.296 e. The van der Waals surface area contributed by atoms with E-state index in [9.17, 15) is 9.59 Å². The Labute approximate surface area is 111 Å². The summed E-state index contributed by atoms with van der Waals surface area (Å²) in [6.07, 6.45) is 0.253. The van der Waals surface area contributed by atoms with Crippen molar-refractivity contribution in [3.8, 4) is 11.1 Å². The second kappa shape index (κ2) is 4.69. The first-order chi connectivity index (χ1) is 9.24. The van der Waals surface area contributed by atoms with Crippen LogP contribution in [-0.4, -0.2) is 11.8 Å². The van der Waals surface area contributed by atoms with E-state index in [-0.39, 0.29) is 24.2 Å². The van der Waals surface area contributed by atoms with Crippen LogP contribution < -0.4 is 5.32 Å². The predicted molar refractivity (Wildman–Crippen MR) is 72.4 cm³/mol. The van der Waals surface area contributed by atoms with Crippen LogP contribution in [0.5, 0.6) is 0 Å². The molecule has 3 heteroatoms. The number of rotatable bonds is 2. The second-order valence-corrected chi connectivity index (χ2v) is 4.66. The highest BCUT2D eigenvalue weighted by molar-refractivity contribution is 6.06. The van der Waals surface area contributed by atoms with Crippen molar-refractivity contribution in [2.75, 3.05) is 0 Å². The molecule has 1 aliphatic heterocycles. The molecule has 1 heterocycles. The van der Waals surface area contributed by atoms with Crippen molar-refractivity contribution in [1.29, 1.82) is 0 Å². The van der Waals surface area contributed by atoms with Gasteiger partial charge in [0.05, 0.1) is 5.92 Å². The number of carbonyl (C=O) groups excluding carboxylic acids is 2. The number of carbonyl (C=O) groups is 2. The Hall–Kier alpha value is -2.42. The molecule has 0 unspecified atom stereocenters. The van der Waals surface area contributed by atoms with E-state index in [1.54, 1.807) is 0 Å². The maximum absolute atomic E-state index is 11.6. The number of hydrogen-bond donors (Lipinski definition) is 1. The Kier molecular flexibility index (Phi) is 2.88. The van der Waals surface area contributed by atoms with Gasteiger partial charge in [0.2, 0.25) is 11.8 Å². The van der Waals surface area contributed by atoms with Gasteiger partial charge in [-0.15, -0.1) is 0 Å². The maximum atomic E-state index is 11.6. The highest BCUT2D eigenvalue weighted by Crippen LogP contribution is 2.27. The lowest BCUT2D eigenvalue weighted by atomic mass is 9.95. The second-order valence-electron chi connectivity index (χ2n) is 4.66. The Morgan fingerprint density at radius 3 is 2.05 bits per heavy atom. The lowest BCUT2D eigenvalue weighted by Crippen LogP contribution is -2.21. The molecule has 1 fully saturated rings. The number of hydrogen-bond acceptors (Lipinski definition) is 2. The van der Waals surface area contributed by atoms with E-state index in [2.05, 4.69) is 5.32 Å². The minimum absolute atomic E-state index is 0.192. The molecule has 19 heavy (non-hydrogen) atoms. The lowest BCUT2D eigenvalue weighted by molar-refractivity contribution is -0.125. The fourth-order valence-corrected chi connectivity index (χ4v) is 2.36. The van der Waals surface area contributed by atoms with E-state index in [0.29, 0.717) is 0 Å². The molecule has 2 aromatic carbocycles. The van der Waals surface area contributed by atoms with Crippen molar-refractivity contribution >= 4 is 11.8 Å². The van der Waals surface area contributed by atoms with Gasteiger partial charge in [0, 0.05) is 6.42 Å². The third-order valence-corrected chi connectivity index (χ3v) is 3.39. The maximum Gasteiger partial charge on any atom is 0.234 e. The average Bonchev–Trinajstić information content (AvgIpc) is 2.79. The van der Waals surface area contributed by atoms with E-state index in [4.69, 9.17) is 0 Å². The summed E-state index contributed by atoms with van der Waals surface area (Å²) in [6, 6.07) is 17.9. The van der Waals surface area contributed by atoms with Crippen molar-refractivity contribution in [2.24, 2.45) is 0 Å². The minimum atomic E-state index is -0.336. The van der Waals surface area contributed by atoms with E-state index in [1.807, 2.05) is 54.6 Å². The van der Waals surface area contributed by atoms with Crippen LogP contribution in [0.25, 0.3) is 11.1 Å². The van der Waals surface area contributed by atoms with E-state index < -0.39 is 0 Å². The number of amides is 2. The van der Waals surface area contributed by atoms with Gasteiger partial charge < -0.3 is 0 Å². The van der Waals surface area contributed by atoms with Gasteiger partial charge in [0.25, 0.3) is 0 Å². The van der Waals surface area contributed by atoms with Crippen molar-refractivity contribution in [3.63, 3.8) is 0 Å². The topological polar surface area (TPSA) is 46.2 Å². The molecule has 3 nitrogen and oxygen atoms in total. The van der Waals surface area contributed by atoms with Gasteiger partial charge in [-0.05, 0) is 16.7 Å². The molecule has 1 atom stereocenters. The summed E-state index contributed by atoms with van der Waals surface area (Å²) in [5, 5.41) is 2.33. The van der Waals surface area contributed by atoms with Crippen LogP contribution in [0.15, 0.2) is 54.6 Å². The zero-order valence-corrected chi connectivity index (χ0v) is 10.3. The van der Waals surface area contributed by atoms with Gasteiger partial charge in [-0.2, -0.15) is 0 Å². The summed E-state index contributed by atoms with van der Waals surface area (Å²) < 4.78 is 0. The van der Waals surface area contributed by atoms with Crippen molar-refractivity contribution in [2.45, 2.75) is 12.3 Å². The van der Waals surface area contributed by atoms with Crippen LogP contribution in [0.4, 0.5) is 0 Å². The fourth-order valence-electron chi connectivity index (χ4n) is 2.36. The molecule has 1 saturated heterocycles. The largest absolute Gasteiger partial charge is 0.296 e.